The van der Waals surface area contributed by atoms with Crippen molar-refractivity contribution in [1.82, 2.24) is 0 Å². The third-order valence-electron chi connectivity index (χ3n) is 10.8. The van der Waals surface area contributed by atoms with Gasteiger partial charge in [-0.15, -0.1) is 0 Å². The minimum Gasteiger partial charge on any atom is -0.380 e. The maximum absolute atomic E-state index is 4.03. The number of para-hydroxylation sites is 2. The molecule has 3 nitrogen and oxygen atoms in total. The lowest BCUT2D eigenvalue weighted by atomic mass is 9.78. The Morgan fingerprint density at radius 1 is 0.520 bits per heavy atom. The summed E-state index contributed by atoms with van der Waals surface area (Å²) < 4.78 is 0. The number of nitrogens with one attached hydrogen (secondary N) is 1. The third kappa shape index (κ3) is 6.83. The smallest absolute Gasteiger partial charge is 0.0638 e. The molecule has 0 aromatic heterocycles. The lowest BCUT2D eigenvalue weighted by molar-refractivity contribution is 0.268. The molecule has 1 fully saturated rings. The standard InChI is InChI=1S/C47H50N3/c1-5-49(38-18-9-7-10-19-38)40-28-24-36(25-29-40)46(37-26-30-41(31-27-37)50(6-2)39-20-11-8-12-21-39)44-32-33-45(43-23-14-13-22-42(43)44)48-47-34(3)16-15-17-35(47)4/h7-14,18-35,47-48H,5-6,15-17H2,1-4H3/q+1. The van der Waals surface area contributed by atoms with E-state index >= 15 is 0 Å². The molecule has 0 spiro atoms. The van der Waals surface area contributed by atoms with Crippen molar-refractivity contribution in [3.8, 4) is 0 Å². The Kier molecular flexibility index (Phi) is 10.1. The van der Waals surface area contributed by atoms with Gasteiger partial charge < -0.3 is 15.1 Å². The number of nitrogens with zero attached hydrogens (tertiary/aromatic N) is 2. The van der Waals surface area contributed by atoms with Crippen LogP contribution in [-0.4, -0.2) is 19.1 Å². The summed E-state index contributed by atoms with van der Waals surface area (Å²) in [5.41, 5.74) is 9.71. The van der Waals surface area contributed by atoms with Crippen LogP contribution >= 0.6 is 0 Å². The van der Waals surface area contributed by atoms with E-state index in [4.69, 9.17) is 0 Å². The highest BCUT2D eigenvalue weighted by molar-refractivity contribution is 5.98. The molecule has 1 aliphatic carbocycles. The average molecular weight is 657 g/mol. The minimum atomic E-state index is 0.485. The van der Waals surface area contributed by atoms with Crippen LogP contribution in [0.3, 0.4) is 0 Å². The first-order valence-corrected chi connectivity index (χ1v) is 18.6. The normalized spacial score (nSPS) is 17.3. The lowest BCUT2D eigenvalue weighted by Crippen LogP contribution is -2.37. The highest BCUT2D eigenvalue weighted by Gasteiger charge is 2.30. The van der Waals surface area contributed by atoms with Crippen molar-refractivity contribution >= 4 is 39.2 Å². The Morgan fingerprint density at radius 3 is 1.44 bits per heavy atom. The summed E-state index contributed by atoms with van der Waals surface area (Å²) in [5.74, 6) is 2.57. The Bertz CT molecular complexity index is 1870. The van der Waals surface area contributed by atoms with Crippen molar-refractivity contribution in [3.05, 3.63) is 168 Å². The molecule has 0 bridgehead atoms. The second-order valence-electron chi connectivity index (χ2n) is 13.9. The first kappa shape index (κ1) is 33.4. The van der Waals surface area contributed by atoms with Crippen LogP contribution in [0.25, 0.3) is 10.8 Å². The van der Waals surface area contributed by atoms with E-state index < -0.39 is 0 Å². The van der Waals surface area contributed by atoms with Crippen LogP contribution in [0.1, 0.15) is 63.6 Å². The fourth-order valence-electron chi connectivity index (χ4n) is 8.13. The monoisotopic (exact) mass is 656 g/mol. The molecule has 0 amide bonds. The number of hydrogen-bond donors (Lipinski definition) is 1. The van der Waals surface area contributed by atoms with E-state index in [-0.39, 0.29) is 0 Å². The van der Waals surface area contributed by atoms with E-state index in [0.29, 0.717) is 17.9 Å². The second kappa shape index (κ2) is 15.2. The molecule has 6 aromatic carbocycles. The van der Waals surface area contributed by atoms with Gasteiger partial charge in [-0.1, -0.05) is 68.8 Å². The molecule has 3 heteroatoms. The molecule has 1 aliphatic rings. The molecule has 1 saturated carbocycles. The molecule has 7 rings (SSSR count). The van der Waals surface area contributed by atoms with Gasteiger partial charge in [-0.25, -0.2) is 0 Å². The summed E-state index contributed by atoms with van der Waals surface area (Å²) in [6, 6.07) is 53.8. The number of fused-ring (bicyclic) bond motifs is 1. The van der Waals surface area contributed by atoms with Crippen LogP contribution in [0.15, 0.2) is 146 Å². The van der Waals surface area contributed by atoms with Gasteiger partial charge in [0.2, 0.25) is 0 Å². The maximum atomic E-state index is 4.03. The number of anilines is 5. The SMILES string of the molecule is CCN(c1ccccc1)c1ccc([C+](c2ccc(N(CC)c3ccccc3)cc2)c2ccc(NC3C(C)CCCC3C)c3ccccc23)cc1. The molecule has 6 aromatic rings. The predicted octanol–water partition coefficient (Wildman–Crippen LogP) is 12.4. The molecule has 2 unspecified atom stereocenters. The van der Waals surface area contributed by atoms with Gasteiger partial charge in [0, 0.05) is 41.3 Å². The largest absolute Gasteiger partial charge is 0.380 e. The van der Waals surface area contributed by atoms with Crippen LogP contribution < -0.4 is 15.1 Å². The molecular formula is C47H50N3+. The molecule has 0 aliphatic heterocycles. The van der Waals surface area contributed by atoms with Gasteiger partial charge in [0.15, 0.2) is 0 Å². The predicted molar refractivity (Wildman–Crippen MR) is 215 cm³/mol. The Hall–Kier alpha value is -5.15. The molecule has 0 heterocycles. The molecule has 252 valence electrons. The summed E-state index contributed by atoms with van der Waals surface area (Å²) in [6.45, 7) is 11.1. The van der Waals surface area contributed by atoms with Gasteiger partial charge in [0.1, 0.15) is 0 Å². The van der Waals surface area contributed by atoms with Gasteiger partial charge in [-0.05, 0) is 136 Å². The van der Waals surface area contributed by atoms with Crippen LogP contribution in [0, 0.1) is 17.8 Å². The Balaban J connectivity index is 1.31. The summed E-state index contributed by atoms with van der Waals surface area (Å²) in [4.78, 5) is 4.73. The van der Waals surface area contributed by atoms with E-state index in [2.05, 4.69) is 188 Å². The van der Waals surface area contributed by atoms with Crippen LogP contribution in [0.2, 0.25) is 0 Å². The topological polar surface area (TPSA) is 18.5 Å². The zero-order valence-electron chi connectivity index (χ0n) is 30.0. The van der Waals surface area contributed by atoms with Crippen LogP contribution in [0.5, 0.6) is 0 Å². The third-order valence-corrected chi connectivity index (χ3v) is 10.8. The van der Waals surface area contributed by atoms with Crippen molar-refractivity contribution in [2.45, 2.75) is 53.0 Å². The zero-order chi connectivity index (χ0) is 34.5. The summed E-state index contributed by atoms with van der Waals surface area (Å²) in [5, 5.41) is 6.59. The van der Waals surface area contributed by atoms with Gasteiger partial charge in [-0.3, -0.25) is 0 Å². The van der Waals surface area contributed by atoms with Gasteiger partial charge in [0.25, 0.3) is 0 Å². The summed E-state index contributed by atoms with van der Waals surface area (Å²) in [7, 11) is 0. The van der Waals surface area contributed by atoms with Crippen molar-refractivity contribution in [2.24, 2.45) is 11.8 Å². The molecule has 2 atom stereocenters. The zero-order valence-corrected chi connectivity index (χ0v) is 30.0. The summed E-state index contributed by atoms with van der Waals surface area (Å²) >= 11 is 0. The first-order chi connectivity index (χ1) is 24.6. The number of hydrogen-bond acceptors (Lipinski definition) is 3. The van der Waals surface area contributed by atoms with Gasteiger partial charge in [0.05, 0.1) is 39.7 Å². The quantitative estimate of drug-likeness (QED) is 0.111. The average Bonchev–Trinajstić information content (AvgIpc) is 3.16. The molecule has 0 saturated heterocycles. The second-order valence-corrected chi connectivity index (χ2v) is 13.9. The van der Waals surface area contributed by atoms with Crippen molar-refractivity contribution in [3.63, 3.8) is 0 Å². The molecule has 0 radical (unpaired) electrons. The molecule has 1 N–H and O–H groups in total. The van der Waals surface area contributed by atoms with Crippen LogP contribution in [-0.2, 0) is 0 Å². The van der Waals surface area contributed by atoms with Gasteiger partial charge >= 0.3 is 0 Å². The van der Waals surface area contributed by atoms with Crippen molar-refractivity contribution in [2.75, 3.05) is 28.2 Å². The highest BCUT2D eigenvalue weighted by atomic mass is 15.1. The van der Waals surface area contributed by atoms with Gasteiger partial charge in [-0.2, -0.15) is 0 Å². The fraction of sp³-hybridized carbons (Fsp3) is 0.255. The summed E-state index contributed by atoms with van der Waals surface area (Å²) in [6.07, 6.45) is 3.92. The van der Waals surface area contributed by atoms with E-state index in [9.17, 15) is 0 Å². The molecular weight excluding hydrogens is 607 g/mol. The Morgan fingerprint density at radius 2 is 0.960 bits per heavy atom. The van der Waals surface area contributed by atoms with E-state index in [1.165, 1.54) is 81.1 Å². The maximum Gasteiger partial charge on any atom is 0.0638 e. The number of benzene rings is 6. The van der Waals surface area contributed by atoms with E-state index in [1.54, 1.807) is 0 Å². The van der Waals surface area contributed by atoms with Crippen LogP contribution in [0.4, 0.5) is 28.4 Å². The van der Waals surface area contributed by atoms with E-state index in [1.807, 2.05) is 0 Å². The van der Waals surface area contributed by atoms with Crippen molar-refractivity contribution in [1.29, 1.82) is 0 Å². The van der Waals surface area contributed by atoms with E-state index in [0.717, 1.165) is 13.1 Å². The number of rotatable bonds is 11. The molecule has 50 heavy (non-hydrogen) atoms. The Labute approximate surface area is 299 Å². The van der Waals surface area contributed by atoms with Crippen molar-refractivity contribution < 1.29 is 0 Å². The highest BCUT2D eigenvalue weighted by Crippen LogP contribution is 2.41. The first-order valence-electron chi connectivity index (χ1n) is 18.6. The fourth-order valence-corrected chi connectivity index (χ4v) is 8.13. The minimum absolute atomic E-state index is 0.485. The lowest BCUT2D eigenvalue weighted by Gasteiger charge is -2.36.